The zero-order valence-corrected chi connectivity index (χ0v) is 10.7. The zero-order valence-electron chi connectivity index (χ0n) is 10.7. The molecule has 1 fully saturated rings. The number of aromatic nitrogens is 1. The first-order valence-electron chi connectivity index (χ1n) is 6.20. The third-order valence-electron chi connectivity index (χ3n) is 3.31. The Morgan fingerprint density at radius 3 is 2.82 bits per heavy atom. The Morgan fingerprint density at radius 2 is 2.12 bits per heavy atom. The smallest absolute Gasteiger partial charge is 0.131 e. The molecule has 0 spiro atoms. The minimum Gasteiger partial charge on any atom is -0.392 e. The van der Waals surface area contributed by atoms with Gasteiger partial charge in [0.15, 0.2) is 0 Å². The van der Waals surface area contributed by atoms with Crippen LogP contribution in [0.15, 0.2) is 12.3 Å². The first kappa shape index (κ1) is 12.3. The molecule has 0 radical (unpaired) electrons. The largest absolute Gasteiger partial charge is 0.392 e. The Bertz CT molecular complexity index is 381. The number of pyridine rings is 1. The van der Waals surface area contributed by atoms with Gasteiger partial charge in [0.05, 0.1) is 6.61 Å². The molecule has 0 saturated carbocycles. The summed E-state index contributed by atoms with van der Waals surface area (Å²) in [5.41, 5.74) is 2.04. The van der Waals surface area contributed by atoms with Crippen molar-refractivity contribution in [1.82, 2.24) is 9.88 Å². The lowest BCUT2D eigenvalue weighted by molar-refractivity contribution is 0.281. The van der Waals surface area contributed by atoms with Crippen molar-refractivity contribution in [2.45, 2.75) is 20.0 Å². The molecule has 1 N–H and O–H groups in total. The van der Waals surface area contributed by atoms with Crippen LogP contribution in [0, 0.1) is 6.92 Å². The van der Waals surface area contributed by atoms with Crippen LogP contribution in [0.2, 0.25) is 0 Å². The van der Waals surface area contributed by atoms with E-state index in [1.54, 1.807) is 6.20 Å². The summed E-state index contributed by atoms with van der Waals surface area (Å²) in [5.74, 6) is 1.07. The lowest BCUT2D eigenvalue weighted by Gasteiger charge is -2.23. The zero-order chi connectivity index (χ0) is 12.3. The van der Waals surface area contributed by atoms with E-state index in [0.29, 0.717) is 0 Å². The number of anilines is 1. The molecule has 0 atom stereocenters. The summed E-state index contributed by atoms with van der Waals surface area (Å²) in [5, 5.41) is 9.08. The molecular formula is C13H21N3O. The fraction of sp³-hybridized carbons (Fsp3) is 0.615. The lowest BCUT2D eigenvalue weighted by atomic mass is 10.2. The fourth-order valence-corrected chi connectivity index (χ4v) is 2.30. The van der Waals surface area contributed by atoms with Gasteiger partial charge in [-0.3, -0.25) is 0 Å². The highest BCUT2D eigenvalue weighted by Crippen LogP contribution is 2.19. The number of aryl methyl sites for hydroxylation is 1. The van der Waals surface area contributed by atoms with Gasteiger partial charge in [-0.2, -0.15) is 0 Å². The van der Waals surface area contributed by atoms with Crippen molar-refractivity contribution in [3.05, 3.63) is 23.4 Å². The second kappa shape index (κ2) is 5.47. The minimum atomic E-state index is 0.0663. The highest BCUT2D eigenvalue weighted by atomic mass is 16.3. The highest BCUT2D eigenvalue weighted by Gasteiger charge is 2.15. The van der Waals surface area contributed by atoms with Crippen molar-refractivity contribution in [1.29, 1.82) is 0 Å². The van der Waals surface area contributed by atoms with Crippen LogP contribution in [-0.4, -0.2) is 48.2 Å². The summed E-state index contributed by atoms with van der Waals surface area (Å²) in [6, 6.07) is 2.02. The number of rotatable bonds is 2. The average molecular weight is 235 g/mol. The summed E-state index contributed by atoms with van der Waals surface area (Å²) in [6.45, 7) is 6.47. The second-order valence-electron chi connectivity index (χ2n) is 4.79. The number of hydrogen-bond acceptors (Lipinski definition) is 4. The Labute approximate surface area is 103 Å². The number of nitrogens with zero attached hydrogens (tertiary/aromatic N) is 3. The number of aliphatic hydroxyl groups is 1. The molecule has 0 unspecified atom stereocenters. The van der Waals surface area contributed by atoms with E-state index in [1.807, 2.05) is 6.07 Å². The highest BCUT2D eigenvalue weighted by molar-refractivity contribution is 5.47. The first-order valence-corrected chi connectivity index (χ1v) is 6.20. The van der Waals surface area contributed by atoms with Crippen LogP contribution in [0.1, 0.15) is 17.5 Å². The maximum absolute atomic E-state index is 9.08. The average Bonchev–Trinajstić information content (AvgIpc) is 2.54. The Kier molecular flexibility index (Phi) is 3.97. The molecule has 2 rings (SSSR count). The molecule has 94 valence electrons. The summed E-state index contributed by atoms with van der Waals surface area (Å²) in [7, 11) is 2.17. The monoisotopic (exact) mass is 235 g/mol. The van der Waals surface area contributed by atoms with Crippen LogP contribution in [0.25, 0.3) is 0 Å². The van der Waals surface area contributed by atoms with Crippen molar-refractivity contribution < 1.29 is 5.11 Å². The molecule has 1 aliphatic heterocycles. The topological polar surface area (TPSA) is 39.6 Å². The predicted octanol–water partition coefficient (Wildman–Crippen LogP) is 1.02. The maximum Gasteiger partial charge on any atom is 0.131 e. The van der Waals surface area contributed by atoms with Crippen LogP contribution >= 0.6 is 0 Å². The summed E-state index contributed by atoms with van der Waals surface area (Å²) in [6.07, 6.45) is 2.95. The molecule has 4 nitrogen and oxygen atoms in total. The Morgan fingerprint density at radius 1 is 1.29 bits per heavy atom. The van der Waals surface area contributed by atoms with Crippen LogP contribution in [0.3, 0.4) is 0 Å². The van der Waals surface area contributed by atoms with Gasteiger partial charge in [0.2, 0.25) is 0 Å². The second-order valence-corrected chi connectivity index (χ2v) is 4.79. The molecule has 1 aromatic heterocycles. The van der Waals surface area contributed by atoms with Crippen LogP contribution < -0.4 is 4.90 Å². The number of aliphatic hydroxyl groups excluding tert-OH is 1. The summed E-state index contributed by atoms with van der Waals surface area (Å²) >= 11 is 0. The van der Waals surface area contributed by atoms with Crippen molar-refractivity contribution >= 4 is 5.82 Å². The molecule has 4 heteroatoms. The number of hydrogen-bond donors (Lipinski definition) is 1. The molecule has 0 aliphatic carbocycles. The van der Waals surface area contributed by atoms with Gasteiger partial charge >= 0.3 is 0 Å². The van der Waals surface area contributed by atoms with Gasteiger partial charge in [0.25, 0.3) is 0 Å². The van der Waals surface area contributed by atoms with Gasteiger partial charge in [-0.15, -0.1) is 0 Å². The van der Waals surface area contributed by atoms with E-state index in [4.69, 9.17) is 5.11 Å². The van der Waals surface area contributed by atoms with Crippen molar-refractivity contribution in [3.63, 3.8) is 0 Å². The Balaban J connectivity index is 2.15. The van der Waals surface area contributed by atoms with Gasteiger partial charge in [-0.25, -0.2) is 4.98 Å². The predicted molar refractivity (Wildman–Crippen MR) is 69.2 cm³/mol. The molecule has 0 aromatic carbocycles. The molecule has 0 bridgehead atoms. The van der Waals surface area contributed by atoms with Crippen molar-refractivity contribution in [2.24, 2.45) is 0 Å². The third kappa shape index (κ3) is 2.96. The Hall–Kier alpha value is -1.13. The SMILES string of the molecule is Cc1cc(CO)cnc1N1CCCN(C)CC1. The molecule has 1 aliphatic rings. The van der Waals surface area contributed by atoms with Crippen molar-refractivity contribution in [2.75, 3.05) is 38.1 Å². The van der Waals surface area contributed by atoms with Gasteiger partial charge in [0, 0.05) is 25.8 Å². The summed E-state index contributed by atoms with van der Waals surface area (Å²) < 4.78 is 0. The number of likely N-dealkylation sites (N-methyl/N-ethyl adjacent to an activating group) is 1. The van der Waals surface area contributed by atoms with Gasteiger partial charge in [-0.05, 0) is 44.1 Å². The van der Waals surface area contributed by atoms with Crippen LogP contribution in [-0.2, 0) is 6.61 Å². The lowest BCUT2D eigenvalue weighted by Crippen LogP contribution is -2.30. The maximum atomic E-state index is 9.08. The van der Waals surface area contributed by atoms with E-state index in [1.165, 1.54) is 6.42 Å². The van der Waals surface area contributed by atoms with Gasteiger partial charge < -0.3 is 14.9 Å². The quantitative estimate of drug-likeness (QED) is 0.831. The van der Waals surface area contributed by atoms with E-state index in [2.05, 4.69) is 28.8 Å². The fourth-order valence-electron chi connectivity index (χ4n) is 2.30. The molecular weight excluding hydrogens is 214 g/mol. The van der Waals surface area contributed by atoms with E-state index < -0.39 is 0 Å². The first-order chi connectivity index (χ1) is 8.20. The van der Waals surface area contributed by atoms with Gasteiger partial charge in [-0.1, -0.05) is 0 Å². The van der Waals surface area contributed by atoms with E-state index >= 15 is 0 Å². The molecule has 1 saturated heterocycles. The van der Waals surface area contributed by atoms with E-state index in [0.717, 1.165) is 43.1 Å². The van der Waals surface area contributed by atoms with E-state index in [9.17, 15) is 0 Å². The molecule has 0 amide bonds. The minimum absolute atomic E-state index is 0.0663. The summed E-state index contributed by atoms with van der Waals surface area (Å²) in [4.78, 5) is 9.19. The van der Waals surface area contributed by atoms with E-state index in [-0.39, 0.29) is 6.61 Å². The molecule has 1 aromatic rings. The van der Waals surface area contributed by atoms with Crippen molar-refractivity contribution in [3.8, 4) is 0 Å². The molecule has 17 heavy (non-hydrogen) atoms. The standard InChI is InChI=1S/C13H21N3O/c1-11-8-12(10-17)9-14-13(11)16-5-3-4-15(2)6-7-16/h8-9,17H,3-7,10H2,1-2H3. The third-order valence-corrected chi connectivity index (χ3v) is 3.31. The molecule has 2 heterocycles. The van der Waals surface area contributed by atoms with Crippen LogP contribution in [0.4, 0.5) is 5.82 Å². The van der Waals surface area contributed by atoms with Gasteiger partial charge in [0.1, 0.15) is 5.82 Å². The van der Waals surface area contributed by atoms with Crippen LogP contribution in [0.5, 0.6) is 0 Å². The normalized spacial score (nSPS) is 18.2.